The van der Waals surface area contributed by atoms with E-state index in [4.69, 9.17) is 60.7 Å². The van der Waals surface area contributed by atoms with Crippen LogP contribution in [-0.2, 0) is 17.1 Å². The summed E-state index contributed by atoms with van der Waals surface area (Å²) >= 11 is 0. The van der Waals surface area contributed by atoms with Gasteiger partial charge in [0.05, 0.1) is 0 Å². The summed E-state index contributed by atoms with van der Waals surface area (Å²) in [5.41, 5.74) is 0. The molecule has 0 aliphatic carbocycles. The van der Waals surface area contributed by atoms with Crippen LogP contribution in [-0.4, -0.2) is 81.9 Å². The molecule has 0 bridgehead atoms. The van der Waals surface area contributed by atoms with E-state index >= 15 is 0 Å². The molecular formula is CuN6O12PbTl2. The zero-order chi connectivity index (χ0) is 16.2. The van der Waals surface area contributed by atoms with Crippen LogP contribution in [0.15, 0.2) is 32.0 Å². The molecule has 0 aliphatic rings. The van der Waals surface area contributed by atoms with E-state index in [1.54, 1.807) is 0 Å². The summed E-state index contributed by atoms with van der Waals surface area (Å²) in [6, 6.07) is 0. The van der Waals surface area contributed by atoms with Gasteiger partial charge >= 0.3 is 99.0 Å². The average Bonchev–Trinajstić information content (AvgIpc) is 2.23. The number of hydrogen-bond acceptors (Lipinski definition) is 18. The maximum Gasteiger partial charge on any atom is 2.00 e. The molecule has 0 saturated carbocycles. The first-order chi connectivity index (χ1) is 8.49. The molecule has 0 amide bonds. The Morgan fingerprint density at radius 3 is 0.409 bits per heavy atom. The summed E-state index contributed by atoms with van der Waals surface area (Å²) in [6.07, 6.45) is 0. The normalized spacial score (nSPS) is 3.27. The number of rotatable bonds is 0. The van der Waals surface area contributed by atoms with Gasteiger partial charge in [-0.1, -0.05) is 0 Å². The molecule has 0 heterocycles. The van der Waals surface area contributed by atoms with Crippen LogP contribution >= 0.6 is 0 Å². The van der Waals surface area contributed by atoms with E-state index in [1.165, 1.54) is 0 Å². The molecule has 0 saturated heterocycles. The number of hydrogen-bond donors (Lipinski definition) is 0. The molecule has 0 aliphatic heterocycles. The Hall–Kier alpha value is -0.314. The predicted octanol–water partition coefficient (Wildman–Crippen LogP) is 0.359. The SMILES string of the molecule is O=N[O-].O=N[O-].O=N[O-].O=N[O-].O=N[O-].O=N[O-].[Cu+2].[Pb+2].[Tl+].[Tl+]. The quantitative estimate of drug-likeness (QED) is 0.181. The fourth-order valence-corrected chi connectivity index (χ4v) is 0. The van der Waals surface area contributed by atoms with Gasteiger partial charge in [-0.05, 0) is 0 Å². The number of nitrogens with zero attached hydrogens (tertiary/aromatic N) is 6. The first kappa shape index (κ1) is 68.0. The molecule has 0 rings (SSSR count). The molecule has 0 aromatic heterocycles. The minimum atomic E-state index is 0. The van der Waals surface area contributed by atoms with E-state index in [-0.39, 0.29) is 99.0 Å². The third-order valence-corrected chi connectivity index (χ3v) is 0. The van der Waals surface area contributed by atoms with Gasteiger partial charge in [0, 0.05) is 0 Å². The largest absolute Gasteiger partial charge is 2.00 e. The molecule has 3 radical (unpaired) electrons. The third kappa shape index (κ3) is 69600. The predicted molar refractivity (Wildman–Crippen MR) is 72.2 cm³/mol. The van der Waals surface area contributed by atoms with Crippen molar-refractivity contribution in [2.45, 2.75) is 0 Å². The topological polar surface area (TPSA) is 315 Å². The van der Waals surface area contributed by atoms with E-state index in [0.717, 1.165) is 32.0 Å². The summed E-state index contributed by atoms with van der Waals surface area (Å²) < 4.78 is 0. The smallest absolute Gasteiger partial charge is 0.444 e. The Morgan fingerprint density at radius 2 is 0.409 bits per heavy atom. The molecule has 0 atom stereocenters. The molecule has 0 aromatic rings. The zero-order valence-corrected chi connectivity index (χ0v) is 23.3. The van der Waals surface area contributed by atoms with Crippen molar-refractivity contribution in [1.82, 2.24) is 0 Å². The molecule has 0 unspecified atom stereocenters. The van der Waals surface area contributed by atoms with Crippen LogP contribution in [0.5, 0.6) is 0 Å². The van der Waals surface area contributed by atoms with Crippen molar-refractivity contribution in [3.8, 4) is 0 Å². The minimum absolute atomic E-state index is 0. The van der Waals surface area contributed by atoms with Crippen molar-refractivity contribution in [2.75, 3.05) is 0 Å². The standard InChI is InChI=1S/Cu.6HNO2.Pb.2Tl/c;6*2-1-3;;;/h;6*(H,2,3);;;/q+2;;;;;;;+2;2*+1/p-6. The fraction of sp³-hybridized carbons (Fsp3) is 0. The Bertz CT molecular complexity index is 129. The van der Waals surface area contributed by atoms with E-state index < -0.39 is 0 Å². The van der Waals surface area contributed by atoms with Gasteiger partial charge < -0.3 is 60.7 Å². The second-order valence-electron chi connectivity index (χ2n) is 0.447. The van der Waals surface area contributed by atoms with Gasteiger partial charge in [0.25, 0.3) is 0 Å². The average molecular weight is 956 g/mol. The third-order valence-electron chi connectivity index (χ3n) is 0. The first-order valence-corrected chi connectivity index (χ1v) is 2.19. The summed E-state index contributed by atoms with van der Waals surface area (Å²) in [7, 11) is 0. The van der Waals surface area contributed by atoms with Gasteiger partial charge in [-0.3, -0.25) is 0 Å². The van der Waals surface area contributed by atoms with Crippen molar-refractivity contribution in [3.63, 3.8) is 0 Å². The van der Waals surface area contributed by atoms with Crippen molar-refractivity contribution in [2.24, 2.45) is 32.0 Å². The molecule has 0 fully saturated rings. The Morgan fingerprint density at radius 1 is 0.409 bits per heavy atom. The van der Waals surface area contributed by atoms with Crippen molar-refractivity contribution in [1.29, 1.82) is 0 Å². The monoisotopic (exact) mass is 957 g/mol. The summed E-state index contributed by atoms with van der Waals surface area (Å²) in [4.78, 5) is 48.0. The molecule has 0 aromatic carbocycles. The first-order valence-electron chi connectivity index (χ1n) is 2.19. The van der Waals surface area contributed by atoms with Crippen LogP contribution < -0.4 is 0 Å². The minimum Gasteiger partial charge on any atom is -0.444 e. The Labute approximate surface area is 190 Å². The van der Waals surface area contributed by atoms with E-state index in [1.807, 2.05) is 0 Å². The van der Waals surface area contributed by atoms with Crippen LogP contribution in [0, 0.1) is 60.7 Å². The van der Waals surface area contributed by atoms with Crippen LogP contribution in [0.2, 0.25) is 0 Å². The van der Waals surface area contributed by atoms with Gasteiger partial charge in [0.1, 0.15) is 0 Å². The molecule has 18 nitrogen and oxygen atoms in total. The fourth-order valence-electron chi connectivity index (χ4n) is 0. The second-order valence-corrected chi connectivity index (χ2v) is 0.447. The zero-order valence-electron chi connectivity index (χ0n) is 9.54. The van der Waals surface area contributed by atoms with Gasteiger partial charge in [-0.25, -0.2) is 0 Å². The molecule has 0 N–H and O–H groups in total. The maximum absolute atomic E-state index is 8.00. The van der Waals surface area contributed by atoms with E-state index in [9.17, 15) is 0 Å². The molecule has 22 heteroatoms. The van der Waals surface area contributed by atoms with Crippen molar-refractivity contribution in [3.05, 3.63) is 60.7 Å². The second kappa shape index (κ2) is 248. The molecular weight excluding hydrogens is 956 g/mol. The van der Waals surface area contributed by atoms with Gasteiger partial charge in [0.2, 0.25) is 0 Å². The molecule has 22 heavy (non-hydrogen) atoms. The maximum atomic E-state index is 8.00. The molecule has 0 spiro atoms. The van der Waals surface area contributed by atoms with E-state index in [2.05, 4.69) is 0 Å². The van der Waals surface area contributed by atoms with Crippen LogP contribution in [0.4, 0.5) is 0 Å². The Kier molecular flexibility index (Phi) is 766. The summed E-state index contributed by atoms with van der Waals surface area (Å²) in [5.74, 6) is 0. The van der Waals surface area contributed by atoms with Crippen LogP contribution in [0.3, 0.4) is 0 Å². The van der Waals surface area contributed by atoms with Crippen molar-refractivity contribution >= 4 is 81.9 Å². The van der Waals surface area contributed by atoms with Gasteiger partial charge in [0.15, 0.2) is 0 Å². The molecule has 123 valence electrons. The Balaban J connectivity index is -0.00000000947. The van der Waals surface area contributed by atoms with Crippen LogP contribution in [0.1, 0.15) is 0 Å². The summed E-state index contributed by atoms with van der Waals surface area (Å²) in [5, 5.41) is 54.0. The van der Waals surface area contributed by atoms with Crippen LogP contribution in [0.25, 0.3) is 0 Å². The van der Waals surface area contributed by atoms with Gasteiger partial charge in [-0.15, -0.1) is 32.0 Å². The summed E-state index contributed by atoms with van der Waals surface area (Å²) in [6.45, 7) is 0. The van der Waals surface area contributed by atoms with Gasteiger partial charge in [-0.2, -0.15) is 0 Å². The van der Waals surface area contributed by atoms with Crippen molar-refractivity contribution < 1.29 is 17.1 Å². The van der Waals surface area contributed by atoms with E-state index in [0.29, 0.717) is 0 Å².